The smallest absolute Gasteiger partial charge is 0.231 e. The fourth-order valence-electron chi connectivity index (χ4n) is 4.21. The van der Waals surface area contributed by atoms with Gasteiger partial charge >= 0.3 is 0 Å². The lowest BCUT2D eigenvalue weighted by Crippen LogP contribution is -2.14. The third-order valence-corrected chi connectivity index (χ3v) is 5.52. The lowest BCUT2D eigenvalue weighted by Gasteiger charge is -2.17. The molecule has 26 heavy (non-hydrogen) atoms. The highest BCUT2D eigenvalue weighted by molar-refractivity contribution is 5.46. The van der Waals surface area contributed by atoms with Crippen molar-refractivity contribution in [3.8, 4) is 23.0 Å². The summed E-state index contributed by atoms with van der Waals surface area (Å²) < 4.78 is 28.2. The first-order valence-electron chi connectivity index (χ1n) is 8.74. The third kappa shape index (κ3) is 2.40. The standard InChI is InChI=1S/C20H20O6/c1-22-16-4-2-11(6-15(16)21)19-13-8-24-20(14(13)9-23-19)12-3-5-17-18(7-12)26-10-25-17/h2-7,13-14,19-21H,8-10H2,1H3/t13-,14-,19-,20+/m0/s1. The Labute approximate surface area is 151 Å². The van der Waals surface area contributed by atoms with Crippen molar-refractivity contribution in [2.24, 2.45) is 11.8 Å². The van der Waals surface area contributed by atoms with Gasteiger partial charge in [-0.3, -0.25) is 0 Å². The molecule has 0 aromatic heterocycles. The predicted molar refractivity (Wildman–Crippen MR) is 91.6 cm³/mol. The molecular formula is C20H20O6. The third-order valence-electron chi connectivity index (χ3n) is 5.52. The number of hydrogen-bond donors (Lipinski definition) is 1. The van der Waals surface area contributed by atoms with Crippen LogP contribution in [-0.4, -0.2) is 32.2 Å². The molecule has 4 atom stereocenters. The normalized spacial score (nSPS) is 29.0. The Morgan fingerprint density at radius 1 is 0.885 bits per heavy atom. The molecule has 6 heteroatoms. The SMILES string of the molecule is COc1ccc([C@@H]2OC[C@H]3[C@@H]2CO[C@@H]3c2ccc3c(c2)OCO3)cc1O. The molecule has 2 aromatic carbocycles. The van der Waals surface area contributed by atoms with Crippen LogP contribution in [0.4, 0.5) is 0 Å². The molecular weight excluding hydrogens is 336 g/mol. The molecule has 2 saturated heterocycles. The average molecular weight is 356 g/mol. The molecule has 0 spiro atoms. The number of methoxy groups -OCH3 is 1. The van der Waals surface area contributed by atoms with Gasteiger partial charge in [-0.1, -0.05) is 12.1 Å². The van der Waals surface area contributed by atoms with Gasteiger partial charge in [-0.25, -0.2) is 0 Å². The van der Waals surface area contributed by atoms with Gasteiger partial charge in [-0.05, 0) is 35.4 Å². The van der Waals surface area contributed by atoms with E-state index < -0.39 is 0 Å². The van der Waals surface area contributed by atoms with Crippen LogP contribution >= 0.6 is 0 Å². The summed E-state index contributed by atoms with van der Waals surface area (Å²) in [5.41, 5.74) is 2.04. The zero-order chi connectivity index (χ0) is 17.7. The van der Waals surface area contributed by atoms with Gasteiger partial charge in [-0.15, -0.1) is 0 Å². The van der Waals surface area contributed by atoms with Crippen molar-refractivity contribution in [3.63, 3.8) is 0 Å². The van der Waals surface area contributed by atoms with Crippen LogP contribution in [0.25, 0.3) is 0 Å². The van der Waals surface area contributed by atoms with Gasteiger partial charge in [0.1, 0.15) is 0 Å². The molecule has 6 nitrogen and oxygen atoms in total. The summed E-state index contributed by atoms with van der Waals surface area (Å²) in [7, 11) is 1.54. The Kier molecular flexibility index (Phi) is 3.69. The highest BCUT2D eigenvalue weighted by Crippen LogP contribution is 2.51. The van der Waals surface area contributed by atoms with Gasteiger partial charge < -0.3 is 28.8 Å². The summed E-state index contributed by atoms with van der Waals surface area (Å²) in [6.07, 6.45) is -0.109. The van der Waals surface area contributed by atoms with E-state index in [1.807, 2.05) is 24.3 Å². The van der Waals surface area contributed by atoms with E-state index in [2.05, 4.69) is 0 Å². The second-order valence-corrected chi connectivity index (χ2v) is 6.88. The van der Waals surface area contributed by atoms with Crippen LogP contribution in [0.1, 0.15) is 23.3 Å². The van der Waals surface area contributed by atoms with E-state index in [9.17, 15) is 5.11 Å². The molecule has 1 N–H and O–H groups in total. The lowest BCUT2D eigenvalue weighted by molar-refractivity contribution is 0.0191. The van der Waals surface area contributed by atoms with E-state index in [-0.39, 0.29) is 36.6 Å². The monoisotopic (exact) mass is 356 g/mol. The number of ether oxygens (including phenoxy) is 5. The Morgan fingerprint density at radius 2 is 1.54 bits per heavy atom. The van der Waals surface area contributed by atoms with Crippen molar-refractivity contribution < 1.29 is 28.8 Å². The minimum absolute atomic E-state index is 0.0219. The second-order valence-electron chi connectivity index (χ2n) is 6.88. The van der Waals surface area contributed by atoms with Crippen LogP contribution in [0.2, 0.25) is 0 Å². The van der Waals surface area contributed by atoms with Crippen molar-refractivity contribution in [1.29, 1.82) is 0 Å². The van der Waals surface area contributed by atoms with Crippen LogP contribution in [0.5, 0.6) is 23.0 Å². The van der Waals surface area contributed by atoms with Crippen molar-refractivity contribution in [2.45, 2.75) is 12.2 Å². The second kappa shape index (κ2) is 6.07. The minimum atomic E-state index is -0.0872. The Hall–Kier alpha value is -2.44. The number of phenols is 1. The largest absolute Gasteiger partial charge is 0.504 e. The molecule has 3 aliphatic rings. The Morgan fingerprint density at radius 3 is 2.23 bits per heavy atom. The Balaban J connectivity index is 1.39. The van der Waals surface area contributed by atoms with Gasteiger partial charge in [0.15, 0.2) is 23.0 Å². The number of hydrogen-bond acceptors (Lipinski definition) is 6. The average Bonchev–Trinajstić information content (AvgIpc) is 3.36. The van der Waals surface area contributed by atoms with E-state index in [0.29, 0.717) is 19.0 Å². The van der Waals surface area contributed by atoms with Gasteiger partial charge in [0.2, 0.25) is 6.79 Å². The molecule has 0 unspecified atom stereocenters. The van der Waals surface area contributed by atoms with E-state index in [0.717, 1.165) is 22.6 Å². The first-order valence-corrected chi connectivity index (χ1v) is 8.74. The van der Waals surface area contributed by atoms with Gasteiger partial charge in [-0.2, -0.15) is 0 Å². The molecule has 0 amide bonds. The molecule has 2 fully saturated rings. The molecule has 0 aliphatic carbocycles. The summed E-state index contributed by atoms with van der Waals surface area (Å²) >= 11 is 0. The molecule has 3 heterocycles. The number of benzene rings is 2. The maximum Gasteiger partial charge on any atom is 0.231 e. The number of phenolic OH excluding ortho intramolecular Hbond substituents is 1. The van der Waals surface area contributed by atoms with Crippen LogP contribution < -0.4 is 14.2 Å². The molecule has 0 saturated carbocycles. The first-order chi connectivity index (χ1) is 12.7. The van der Waals surface area contributed by atoms with Crippen molar-refractivity contribution in [2.75, 3.05) is 27.1 Å². The zero-order valence-corrected chi connectivity index (χ0v) is 14.4. The highest BCUT2D eigenvalue weighted by atomic mass is 16.7. The number of fused-ring (bicyclic) bond motifs is 2. The summed E-state index contributed by atoms with van der Waals surface area (Å²) in [5.74, 6) is 2.65. The molecule has 0 radical (unpaired) electrons. The predicted octanol–water partition coefficient (Wildman–Crippen LogP) is 3.20. The lowest BCUT2D eigenvalue weighted by atomic mass is 9.85. The van der Waals surface area contributed by atoms with Crippen molar-refractivity contribution >= 4 is 0 Å². The number of aromatic hydroxyl groups is 1. The van der Waals surface area contributed by atoms with E-state index in [4.69, 9.17) is 23.7 Å². The van der Waals surface area contributed by atoms with Crippen LogP contribution in [0.3, 0.4) is 0 Å². The highest BCUT2D eigenvalue weighted by Gasteiger charge is 2.48. The van der Waals surface area contributed by atoms with Crippen molar-refractivity contribution in [1.82, 2.24) is 0 Å². The van der Waals surface area contributed by atoms with E-state index in [1.54, 1.807) is 12.1 Å². The van der Waals surface area contributed by atoms with Crippen LogP contribution in [0, 0.1) is 11.8 Å². The minimum Gasteiger partial charge on any atom is -0.504 e. The van der Waals surface area contributed by atoms with Crippen molar-refractivity contribution in [3.05, 3.63) is 47.5 Å². The summed E-state index contributed by atoms with van der Waals surface area (Å²) in [5, 5.41) is 10.1. The molecule has 0 bridgehead atoms. The summed E-state index contributed by atoms with van der Waals surface area (Å²) in [6.45, 7) is 1.52. The Bertz CT molecular complexity index is 835. The topological polar surface area (TPSA) is 66.4 Å². The maximum atomic E-state index is 10.1. The summed E-state index contributed by atoms with van der Waals surface area (Å²) in [6, 6.07) is 11.4. The first kappa shape index (κ1) is 15.8. The van der Waals surface area contributed by atoms with Gasteiger partial charge in [0.25, 0.3) is 0 Å². The fourth-order valence-corrected chi connectivity index (χ4v) is 4.21. The molecule has 3 aliphatic heterocycles. The zero-order valence-electron chi connectivity index (χ0n) is 14.4. The van der Waals surface area contributed by atoms with Gasteiger partial charge in [0.05, 0.1) is 32.5 Å². The molecule has 2 aromatic rings. The van der Waals surface area contributed by atoms with E-state index >= 15 is 0 Å². The fraction of sp³-hybridized carbons (Fsp3) is 0.400. The van der Waals surface area contributed by atoms with E-state index in [1.165, 1.54) is 7.11 Å². The number of rotatable bonds is 3. The van der Waals surface area contributed by atoms with Crippen LogP contribution in [0.15, 0.2) is 36.4 Å². The summed E-state index contributed by atoms with van der Waals surface area (Å²) in [4.78, 5) is 0. The maximum absolute atomic E-state index is 10.1. The van der Waals surface area contributed by atoms with Crippen LogP contribution in [-0.2, 0) is 9.47 Å². The molecule has 5 rings (SSSR count). The molecule has 136 valence electrons. The quantitative estimate of drug-likeness (QED) is 0.911. The van der Waals surface area contributed by atoms with Gasteiger partial charge in [0, 0.05) is 11.8 Å².